The van der Waals surface area contributed by atoms with Crippen molar-refractivity contribution < 1.29 is 9.59 Å². The van der Waals surface area contributed by atoms with Crippen molar-refractivity contribution in [2.24, 2.45) is 0 Å². The fraction of sp³-hybridized carbons (Fsp3) is 0. The van der Waals surface area contributed by atoms with E-state index in [-0.39, 0.29) is 11.8 Å². The Hall–Kier alpha value is -4.38. The van der Waals surface area contributed by atoms with Crippen molar-refractivity contribution in [3.8, 4) is 0 Å². The molecule has 3 N–H and O–H groups in total. The van der Waals surface area contributed by atoms with E-state index in [1.807, 2.05) is 60.7 Å². The predicted octanol–water partition coefficient (Wildman–Crippen LogP) is 5.93. The second-order valence-corrected chi connectivity index (χ2v) is 6.89. The number of hydrogen-bond donors (Lipinski definition) is 3. The van der Waals surface area contributed by atoms with E-state index in [9.17, 15) is 9.59 Å². The average Bonchev–Trinajstić information content (AvgIpc) is 2.82. The number of nitrogens with one attached hydrogen (secondary N) is 3. The number of para-hydroxylation sites is 2. The molecule has 4 rings (SSSR count). The van der Waals surface area contributed by atoms with Crippen molar-refractivity contribution in [2.45, 2.75) is 0 Å². The van der Waals surface area contributed by atoms with Crippen LogP contribution in [0.2, 0.25) is 0 Å². The van der Waals surface area contributed by atoms with Crippen LogP contribution in [0.4, 0.5) is 22.7 Å². The summed E-state index contributed by atoms with van der Waals surface area (Å²) < 4.78 is 0. The van der Waals surface area contributed by atoms with Gasteiger partial charge in [0.2, 0.25) is 0 Å². The first-order valence-electron chi connectivity index (χ1n) is 9.88. The van der Waals surface area contributed by atoms with Crippen molar-refractivity contribution in [3.63, 3.8) is 0 Å². The van der Waals surface area contributed by atoms with Gasteiger partial charge in [-0.05, 0) is 60.7 Å². The van der Waals surface area contributed by atoms with E-state index in [0.29, 0.717) is 22.5 Å². The zero-order valence-electron chi connectivity index (χ0n) is 16.7. The topological polar surface area (TPSA) is 70.2 Å². The van der Waals surface area contributed by atoms with Crippen LogP contribution in [0.25, 0.3) is 0 Å². The molecule has 0 radical (unpaired) electrons. The van der Waals surface area contributed by atoms with Gasteiger partial charge in [-0.25, -0.2) is 0 Å². The highest BCUT2D eigenvalue weighted by Crippen LogP contribution is 2.21. The Balaban J connectivity index is 1.45. The van der Waals surface area contributed by atoms with Gasteiger partial charge in [0.05, 0.1) is 11.3 Å². The molecule has 0 heterocycles. The van der Waals surface area contributed by atoms with E-state index >= 15 is 0 Å². The zero-order chi connectivity index (χ0) is 21.5. The van der Waals surface area contributed by atoms with Crippen molar-refractivity contribution in [1.29, 1.82) is 0 Å². The third-order valence-corrected chi connectivity index (χ3v) is 4.66. The Labute approximate surface area is 180 Å². The molecule has 0 spiro atoms. The van der Waals surface area contributed by atoms with E-state index in [1.165, 1.54) is 0 Å². The number of hydrogen-bond acceptors (Lipinski definition) is 3. The van der Waals surface area contributed by atoms with Gasteiger partial charge in [0.25, 0.3) is 11.8 Å². The maximum Gasteiger partial charge on any atom is 0.257 e. The van der Waals surface area contributed by atoms with Gasteiger partial charge in [0.1, 0.15) is 0 Å². The lowest BCUT2D eigenvalue weighted by atomic mass is 10.1. The van der Waals surface area contributed by atoms with Crippen molar-refractivity contribution in [1.82, 2.24) is 0 Å². The molecule has 0 fully saturated rings. The first kappa shape index (κ1) is 19.9. The number of rotatable bonds is 6. The summed E-state index contributed by atoms with van der Waals surface area (Å²) in [5.74, 6) is -0.565. The Morgan fingerprint density at radius 1 is 0.484 bits per heavy atom. The zero-order valence-corrected chi connectivity index (χ0v) is 16.7. The van der Waals surface area contributed by atoms with Crippen LogP contribution in [0.1, 0.15) is 20.7 Å². The molecule has 0 aromatic heterocycles. The van der Waals surface area contributed by atoms with Gasteiger partial charge in [-0.15, -0.1) is 0 Å². The molecule has 0 aliphatic rings. The van der Waals surface area contributed by atoms with Crippen molar-refractivity contribution in [2.75, 3.05) is 16.0 Å². The first-order valence-corrected chi connectivity index (χ1v) is 9.88. The molecule has 4 aromatic rings. The third kappa shape index (κ3) is 5.16. The molecule has 31 heavy (non-hydrogen) atoms. The molecular formula is C26H21N3O2. The molecule has 4 aromatic carbocycles. The van der Waals surface area contributed by atoms with E-state index in [1.54, 1.807) is 48.5 Å². The molecule has 5 nitrogen and oxygen atoms in total. The number of carbonyl (C=O) groups is 2. The highest BCUT2D eigenvalue weighted by atomic mass is 16.2. The molecule has 0 aliphatic heterocycles. The van der Waals surface area contributed by atoms with Gasteiger partial charge in [0, 0.05) is 22.6 Å². The summed E-state index contributed by atoms with van der Waals surface area (Å²) in [7, 11) is 0. The fourth-order valence-corrected chi connectivity index (χ4v) is 3.10. The highest BCUT2D eigenvalue weighted by Gasteiger charge is 2.14. The van der Waals surface area contributed by atoms with Crippen LogP contribution in [0.15, 0.2) is 109 Å². The smallest absolute Gasteiger partial charge is 0.257 e. The molecule has 5 heteroatoms. The summed E-state index contributed by atoms with van der Waals surface area (Å²) in [6, 6.07) is 33.1. The van der Waals surface area contributed by atoms with Crippen LogP contribution in [0, 0.1) is 0 Å². The molecule has 2 amide bonds. The molecule has 0 saturated carbocycles. The predicted molar refractivity (Wildman–Crippen MR) is 125 cm³/mol. The molecule has 0 bridgehead atoms. The summed E-state index contributed by atoms with van der Waals surface area (Å²) in [6.45, 7) is 0. The number of benzene rings is 4. The molecule has 0 unspecified atom stereocenters. The Morgan fingerprint density at radius 2 is 1.03 bits per heavy atom. The van der Waals surface area contributed by atoms with Gasteiger partial charge in [0.15, 0.2) is 0 Å². The van der Waals surface area contributed by atoms with E-state index in [2.05, 4.69) is 16.0 Å². The second kappa shape index (κ2) is 9.41. The lowest BCUT2D eigenvalue weighted by Gasteiger charge is -2.12. The minimum Gasteiger partial charge on any atom is -0.356 e. The van der Waals surface area contributed by atoms with Gasteiger partial charge in [-0.2, -0.15) is 0 Å². The monoisotopic (exact) mass is 407 g/mol. The van der Waals surface area contributed by atoms with Gasteiger partial charge in [-0.3, -0.25) is 9.59 Å². The standard InChI is InChI=1S/C26H21N3O2/c30-25(19-9-3-1-4-10-19)29-24-14-8-7-13-23(24)26(31)28-22-17-15-21(16-18-22)27-20-11-5-2-6-12-20/h1-18,27H,(H,28,31)(H,29,30). The third-order valence-electron chi connectivity index (χ3n) is 4.66. The summed E-state index contributed by atoms with van der Waals surface area (Å²) in [5.41, 5.74) is 3.93. The Kier molecular flexibility index (Phi) is 6.05. The Morgan fingerprint density at radius 3 is 1.74 bits per heavy atom. The number of carbonyl (C=O) groups excluding carboxylic acids is 2. The quantitative estimate of drug-likeness (QED) is 0.371. The summed E-state index contributed by atoms with van der Waals surface area (Å²) in [4.78, 5) is 25.3. The normalized spacial score (nSPS) is 10.2. The lowest BCUT2D eigenvalue weighted by molar-refractivity contribution is 0.102. The van der Waals surface area contributed by atoms with E-state index < -0.39 is 0 Å². The maximum atomic E-state index is 12.9. The molecule has 152 valence electrons. The van der Waals surface area contributed by atoms with Crippen LogP contribution in [-0.4, -0.2) is 11.8 Å². The summed E-state index contributed by atoms with van der Waals surface area (Å²) >= 11 is 0. The first-order chi connectivity index (χ1) is 15.2. The van der Waals surface area contributed by atoms with Crippen LogP contribution >= 0.6 is 0 Å². The van der Waals surface area contributed by atoms with Gasteiger partial charge < -0.3 is 16.0 Å². The van der Waals surface area contributed by atoms with Crippen molar-refractivity contribution >= 4 is 34.6 Å². The maximum absolute atomic E-state index is 12.9. The average molecular weight is 407 g/mol. The SMILES string of the molecule is O=C(Nc1ccccc1C(=O)Nc1ccc(Nc2ccccc2)cc1)c1ccccc1. The minimum atomic E-state index is -0.298. The summed E-state index contributed by atoms with van der Waals surface area (Å²) in [6.07, 6.45) is 0. The van der Waals surface area contributed by atoms with Crippen LogP contribution in [0.5, 0.6) is 0 Å². The van der Waals surface area contributed by atoms with Gasteiger partial charge >= 0.3 is 0 Å². The van der Waals surface area contributed by atoms with Crippen LogP contribution in [-0.2, 0) is 0 Å². The largest absolute Gasteiger partial charge is 0.356 e. The molecular weight excluding hydrogens is 386 g/mol. The van der Waals surface area contributed by atoms with Crippen LogP contribution in [0.3, 0.4) is 0 Å². The molecule has 0 saturated heterocycles. The van der Waals surface area contributed by atoms with Crippen LogP contribution < -0.4 is 16.0 Å². The number of anilines is 4. The summed E-state index contributed by atoms with van der Waals surface area (Å²) in [5, 5.41) is 9.01. The second-order valence-electron chi connectivity index (χ2n) is 6.89. The van der Waals surface area contributed by atoms with Gasteiger partial charge in [-0.1, -0.05) is 48.5 Å². The lowest BCUT2D eigenvalue weighted by Crippen LogP contribution is -2.18. The molecule has 0 aliphatic carbocycles. The van der Waals surface area contributed by atoms with E-state index in [0.717, 1.165) is 11.4 Å². The van der Waals surface area contributed by atoms with Crippen molar-refractivity contribution in [3.05, 3.63) is 120 Å². The molecule has 0 atom stereocenters. The highest BCUT2D eigenvalue weighted by molar-refractivity contribution is 6.12. The number of amides is 2. The van der Waals surface area contributed by atoms with E-state index in [4.69, 9.17) is 0 Å². The Bertz CT molecular complexity index is 1170. The fourth-order valence-electron chi connectivity index (χ4n) is 3.10. The minimum absolute atomic E-state index is 0.266.